The summed E-state index contributed by atoms with van der Waals surface area (Å²) in [6.45, 7) is 6.54. The molecule has 32 heavy (non-hydrogen) atoms. The predicted molar refractivity (Wildman–Crippen MR) is 118 cm³/mol. The van der Waals surface area contributed by atoms with Crippen LogP contribution in [0.1, 0.15) is 39.7 Å². The average molecular weight is 451 g/mol. The first-order chi connectivity index (χ1) is 14.9. The molecule has 0 saturated carbocycles. The van der Waals surface area contributed by atoms with Gasteiger partial charge < -0.3 is 31.9 Å². The number of hydrogen-bond donors (Lipinski definition) is 6. The fourth-order valence-corrected chi connectivity index (χ4v) is 3.00. The molecule has 0 heterocycles. The first-order valence-corrected chi connectivity index (χ1v) is 10.5. The smallest absolute Gasteiger partial charge is 0.326 e. The molecule has 5 unspecified atom stereocenters. The maximum absolute atomic E-state index is 12.6. The summed E-state index contributed by atoms with van der Waals surface area (Å²) in [6, 6.07) is 4.26. The molecule has 0 fully saturated rings. The number of nitrogens with two attached hydrogens (primary N) is 1. The number of carboxylic acids is 1. The van der Waals surface area contributed by atoms with Crippen LogP contribution in [0.3, 0.4) is 0 Å². The number of carbonyl (C=O) groups excluding carboxylic acids is 3. The van der Waals surface area contributed by atoms with Crippen LogP contribution in [-0.4, -0.2) is 64.2 Å². The zero-order valence-corrected chi connectivity index (χ0v) is 18.9. The maximum Gasteiger partial charge on any atom is 0.326 e. The molecule has 10 nitrogen and oxygen atoms in total. The molecule has 0 aromatic heterocycles. The summed E-state index contributed by atoms with van der Waals surface area (Å²) in [7, 11) is 0. The lowest BCUT2D eigenvalue weighted by atomic mass is 10.0. The second-order valence-corrected chi connectivity index (χ2v) is 8.28. The molecule has 10 heteroatoms. The van der Waals surface area contributed by atoms with Crippen LogP contribution >= 0.6 is 0 Å². The number of amides is 3. The quantitative estimate of drug-likeness (QED) is 0.250. The highest BCUT2D eigenvalue weighted by atomic mass is 16.4. The van der Waals surface area contributed by atoms with Gasteiger partial charge in [0.2, 0.25) is 17.7 Å². The van der Waals surface area contributed by atoms with Crippen molar-refractivity contribution in [2.45, 2.75) is 70.8 Å². The van der Waals surface area contributed by atoms with E-state index in [2.05, 4.69) is 16.0 Å². The summed E-state index contributed by atoms with van der Waals surface area (Å²) < 4.78 is 0. The Hall–Kier alpha value is -2.98. The molecule has 0 aliphatic carbocycles. The van der Waals surface area contributed by atoms with Crippen molar-refractivity contribution < 1.29 is 29.4 Å². The molecule has 1 aromatic rings. The zero-order valence-electron chi connectivity index (χ0n) is 18.9. The summed E-state index contributed by atoms with van der Waals surface area (Å²) in [5.74, 6) is -3.13. The van der Waals surface area contributed by atoms with Crippen molar-refractivity contribution in [1.82, 2.24) is 16.0 Å². The number of aliphatic hydroxyl groups excluding tert-OH is 1. The first kappa shape index (κ1) is 27.1. The molecule has 5 atom stereocenters. The second kappa shape index (κ2) is 12.8. The van der Waals surface area contributed by atoms with Gasteiger partial charge in [-0.1, -0.05) is 44.2 Å². The number of aliphatic carboxylic acids is 1. The van der Waals surface area contributed by atoms with Gasteiger partial charge in [-0.2, -0.15) is 0 Å². The minimum absolute atomic E-state index is 0.0303. The molecular formula is C22H34N4O6. The van der Waals surface area contributed by atoms with Crippen molar-refractivity contribution in [3.63, 3.8) is 0 Å². The third-order valence-electron chi connectivity index (χ3n) is 4.77. The van der Waals surface area contributed by atoms with E-state index in [-0.39, 0.29) is 12.3 Å². The van der Waals surface area contributed by atoms with Gasteiger partial charge >= 0.3 is 5.97 Å². The Morgan fingerprint density at radius 1 is 0.906 bits per heavy atom. The van der Waals surface area contributed by atoms with Gasteiger partial charge in [0.15, 0.2) is 0 Å². The summed E-state index contributed by atoms with van der Waals surface area (Å²) >= 11 is 0. The van der Waals surface area contributed by atoms with Crippen molar-refractivity contribution >= 4 is 23.7 Å². The number of hydrogen-bond acceptors (Lipinski definition) is 6. The van der Waals surface area contributed by atoms with E-state index in [0.717, 1.165) is 0 Å². The summed E-state index contributed by atoms with van der Waals surface area (Å²) in [6.07, 6.45) is -0.837. The highest BCUT2D eigenvalue weighted by molar-refractivity contribution is 5.94. The van der Waals surface area contributed by atoms with E-state index in [1.54, 1.807) is 30.3 Å². The van der Waals surface area contributed by atoms with E-state index in [0.29, 0.717) is 12.0 Å². The molecule has 1 aromatic carbocycles. The Kier molecular flexibility index (Phi) is 10.8. The van der Waals surface area contributed by atoms with Crippen LogP contribution in [0.25, 0.3) is 0 Å². The van der Waals surface area contributed by atoms with Crippen LogP contribution in [-0.2, 0) is 25.6 Å². The van der Waals surface area contributed by atoms with Crippen LogP contribution < -0.4 is 21.7 Å². The Morgan fingerprint density at radius 3 is 2.00 bits per heavy atom. The molecule has 0 spiro atoms. The number of carbonyl (C=O) groups is 4. The maximum atomic E-state index is 12.6. The van der Waals surface area contributed by atoms with Gasteiger partial charge in [-0.15, -0.1) is 0 Å². The Bertz CT molecular complexity index is 784. The minimum atomic E-state index is -1.41. The van der Waals surface area contributed by atoms with Gasteiger partial charge in [0.25, 0.3) is 0 Å². The van der Waals surface area contributed by atoms with E-state index >= 15 is 0 Å². The normalized spacial score (nSPS) is 15.7. The van der Waals surface area contributed by atoms with E-state index < -0.39 is 54.0 Å². The third-order valence-corrected chi connectivity index (χ3v) is 4.77. The van der Waals surface area contributed by atoms with Crippen molar-refractivity contribution in [3.05, 3.63) is 35.9 Å². The standard InChI is InChI=1S/C22H34N4O6/c1-12(2)10-16(23)20(29)24-13(3)19(28)26-18(14(4)27)21(30)25-17(22(31)32)11-15-8-6-5-7-9-15/h5-9,12-14,16-18,27H,10-11,23H2,1-4H3,(H,24,29)(H,25,30)(H,26,28)(H,31,32). The van der Waals surface area contributed by atoms with E-state index in [9.17, 15) is 29.4 Å². The number of aliphatic hydroxyl groups is 1. The van der Waals surface area contributed by atoms with E-state index in [1.807, 2.05) is 13.8 Å². The molecule has 3 amide bonds. The molecule has 0 radical (unpaired) electrons. The van der Waals surface area contributed by atoms with Gasteiger partial charge in [0, 0.05) is 6.42 Å². The molecular weight excluding hydrogens is 416 g/mol. The van der Waals surface area contributed by atoms with Crippen molar-refractivity contribution in [1.29, 1.82) is 0 Å². The number of carboxylic acid groups (broad SMARTS) is 1. The van der Waals surface area contributed by atoms with Gasteiger partial charge in [0.05, 0.1) is 12.1 Å². The van der Waals surface area contributed by atoms with Crippen LogP contribution in [0.15, 0.2) is 30.3 Å². The molecule has 178 valence electrons. The summed E-state index contributed by atoms with van der Waals surface area (Å²) in [5.41, 5.74) is 6.51. The second-order valence-electron chi connectivity index (χ2n) is 8.28. The molecule has 0 aliphatic heterocycles. The molecule has 0 saturated heterocycles. The number of nitrogens with one attached hydrogen (secondary N) is 3. The van der Waals surface area contributed by atoms with E-state index in [1.165, 1.54) is 13.8 Å². The summed E-state index contributed by atoms with van der Waals surface area (Å²) in [4.78, 5) is 48.9. The molecule has 7 N–H and O–H groups in total. The largest absolute Gasteiger partial charge is 0.480 e. The first-order valence-electron chi connectivity index (χ1n) is 10.5. The fraction of sp³-hybridized carbons (Fsp3) is 0.545. The van der Waals surface area contributed by atoms with Gasteiger partial charge in [-0.3, -0.25) is 14.4 Å². The van der Waals surface area contributed by atoms with Crippen molar-refractivity contribution in [3.8, 4) is 0 Å². The lowest BCUT2D eigenvalue weighted by Gasteiger charge is -2.25. The van der Waals surface area contributed by atoms with Gasteiger partial charge in [-0.05, 0) is 31.7 Å². The Labute approximate surface area is 187 Å². The molecule has 0 bridgehead atoms. The van der Waals surface area contributed by atoms with Gasteiger partial charge in [-0.25, -0.2) is 4.79 Å². The van der Waals surface area contributed by atoms with E-state index in [4.69, 9.17) is 5.73 Å². The minimum Gasteiger partial charge on any atom is -0.480 e. The average Bonchev–Trinajstić information content (AvgIpc) is 2.70. The topological polar surface area (TPSA) is 171 Å². The van der Waals surface area contributed by atoms with Crippen LogP contribution in [0.4, 0.5) is 0 Å². The van der Waals surface area contributed by atoms with Crippen LogP contribution in [0.2, 0.25) is 0 Å². The van der Waals surface area contributed by atoms with Gasteiger partial charge in [0.1, 0.15) is 18.1 Å². The summed E-state index contributed by atoms with van der Waals surface area (Å²) in [5, 5.41) is 26.6. The Balaban J connectivity index is 2.77. The monoisotopic (exact) mass is 450 g/mol. The van der Waals surface area contributed by atoms with Crippen molar-refractivity contribution in [2.75, 3.05) is 0 Å². The fourth-order valence-electron chi connectivity index (χ4n) is 3.00. The Morgan fingerprint density at radius 2 is 1.50 bits per heavy atom. The number of rotatable bonds is 12. The van der Waals surface area contributed by atoms with Crippen LogP contribution in [0.5, 0.6) is 0 Å². The van der Waals surface area contributed by atoms with Crippen LogP contribution in [0, 0.1) is 5.92 Å². The zero-order chi connectivity index (χ0) is 24.4. The van der Waals surface area contributed by atoms with Crippen molar-refractivity contribution in [2.24, 2.45) is 11.7 Å². The predicted octanol–water partition coefficient (Wildman–Crippen LogP) is -0.458. The molecule has 0 aliphatic rings. The highest BCUT2D eigenvalue weighted by Gasteiger charge is 2.31. The number of benzene rings is 1. The SMILES string of the molecule is CC(C)CC(N)C(=O)NC(C)C(=O)NC(C(=O)NC(Cc1ccccc1)C(=O)O)C(C)O. The highest BCUT2D eigenvalue weighted by Crippen LogP contribution is 2.06. The lowest BCUT2D eigenvalue weighted by molar-refractivity contribution is -0.143. The lowest BCUT2D eigenvalue weighted by Crippen LogP contribution is -2.59. The molecule has 1 rings (SSSR count). The third kappa shape index (κ3) is 9.03.